The largest absolute Gasteiger partial charge is 0.465 e. The zero-order valence-electron chi connectivity index (χ0n) is 47.9. The van der Waals surface area contributed by atoms with E-state index in [-0.39, 0.29) is 18.0 Å². The molecule has 0 aromatic heterocycles. The molecule has 2 unspecified atom stereocenters. The summed E-state index contributed by atoms with van der Waals surface area (Å²) in [5, 5.41) is 2.87. The Kier molecular flexibility index (Phi) is 53.4. The van der Waals surface area contributed by atoms with Crippen LogP contribution in [0.5, 0.6) is 0 Å². The van der Waals surface area contributed by atoms with Crippen LogP contribution in [-0.2, 0) is 23.8 Å². The minimum absolute atomic E-state index is 0.0341. The smallest absolute Gasteiger partial charge is 0.407 e. The first kappa shape index (κ1) is 68.1. The predicted octanol–water partition coefficient (Wildman–Crippen LogP) is 17.4. The molecule has 0 fully saturated rings. The lowest BCUT2D eigenvalue weighted by Crippen LogP contribution is -2.30. The molecule has 0 aromatic rings. The Morgan fingerprint density at radius 2 is 0.700 bits per heavy atom. The van der Waals surface area contributed by atoms with E-state index >= 15 is 0 Å². The van der Waals surface area contributed by atoms with Gasteiger partial charge in [-0.3, -0.25) is 9.59 Å². The maximum Gasteiger partial charge on any atom is 0.407 e. The van der Waals surface area contributed by atoms with Crippen LogP contribution in [0.3, 0.4) is 0 Å². The summed E-state index contributed by atoms with van der Waals surface area (Å²) in [6.45, 7) is 15.0. The summed E-state index contributed by atoms with van der Waals surface area (Å²) in [6, 6.07) is 0. The van der Waals surface area contributed by atoms with Gasteiger partial charge in [0.05, 0.1) is 19.8 Å². The number of hydrogen-bond donors (Lipinski definition) is 1. The molecule has 9 heteroatoms. The van der Waals surface area contributed by atoms with Crippen LogP contribution in [0.2, 0.25) is 0 Å². The van der Waals surface area contributed by atoms with E-state index in [0.717, 1.165) is 77.5 Å². The highest BCUT2D eigenvalue weighted by molar-refractivity contribution is 5.69. The van der Waals surface area contributed by atoms with Crippen molar-refractivity contribution >= 4 is 18.0 Å². The van der Waals surface area contributed by atoms with Crippen molar-refractivity contribution in [1.82, 2.24) is 15.1 Å². The Morgan fingerprint density at radius 3 is 1.06 bits per heavy atom. The maximum atomic E-state index is 12.9. The molecule has 9 nitrogen and oxygen atoms in total. The number of hydrogen-bond acceptors (Lipinski definition) is 8. The van der Waals surface area contributed by atoms with E-state index in [2.05, 4.69) is 42.8 Å². The summed E-state index contributed by atoms with van der Waals surface area (Å²) in [5.74, 6) is 0.921. The van der Waals surface area contributed by atoms with Crippen molar-refractivity contribution in [1.29, 1.82) is 0 Å². The van der Waals surface area contributed by atoms with Crippen molar-refractivity contribution in [2.75, 3.05) is 66.6 Å². The number of carbonyl (C=O) groups is 3. The normalized spacial score (nSPS) is 12.5. The number of nitrogens with zero attached hydrogens (tertiary/aromatic N) is 2. The van der Waals surface area contributed by atoms with Gasteiger partial charge in [-0.1, -0.05) is 220 Å². The summed E-state index contributed by atoms with van der Waals surface area (Å²) in [5.41, 5.74) is 0. The van der Waals surface area contributed by atoms with Crippen molar-refractivity contribution in [2.45, 2.75) is 297 Å². The fraction of sp³-hybridized carbons (Fsp3) is 0.951. The molecule has 0 aliphatic rings. The molecule has 0 saturated carbocycles. The van der Waals surface area contributed by atoms with Crippen LogP contribution in [0.1, 0.15) is 297 Å². The molecule has 1 N–H and O–H groups in total. The number of carbonyl (C=O) groups excluding carboxylic acids is 3. The molecular formula is C61H121N3O6. The topological polar surface area (TPSA) is 97.4 Å². The maximum absolute atomic E-state index is 12.9. The van der Waals surface area contributed by atoms with Gasteiger partial charge in [-0.15, -0.1) is 0 Å². The van der Waals surface area contributed by atoms with E-state index in [1.54, 1.807) is 0 Å². The first-order valence-corrected chi connectivity index (χ1v) is 30.8. The van der Waals surface area contributed by atoms with Gasteiger partial charge in [0, 0.05) is 25.9 Å². The van der Waals surface area contributed by atoms with Gasteiger partial charge in [-0.25, -0.2) is 4.79 Å². The molecule has 0 rings (SSSR count). The van der Waals surface area contributed by atoms with Crippen LogP contribution in [-0.4, -0.2) is 94.5 Å². The Hall–Kier alpha value is -1.87. The van der Waals surface area contributed by atoms with Crippen molar-refractivity contribution < 1.29 is 28.6 Å². The van der Waals surface area contributed by atoms with Crippen LogP contribution >= 0.6 is 0 Å². The molecule has 0 bridgehead atoms. The van der Waals surface area contributed by atoms with Crippen LogP contribution in [0, 0.1) is 11.8 Å². The van der Waals surface area contributed by atoms with Crippen molar-refractivity contribution in [2.24, 2.45) is 11.8 Å². The zero-order valence-corrected chi connectivity index (χ0v) is 47.9. The molecule has 2 atom stereocenters. The molecule has 70 heavy (non-hydrogen) atoms. The quantitative estimate of drug-likeness (QED) is 0.0366. The monoisotopic (exact) mass is 992 g/mol. The average molecular weight is 993 g/mol. The van der Waals surface area contributed by atoms with Gasteiger partial charge < -0.3 is 29.3 Å². The second-order valence-electron chi connectivity index (χ2n) is 21.8. The molecule has 0 aromatic carbocycles. The third-order valence-corrected chi connectivity index (χ3v) is 14.4. The van der Waals surface area contributed by atoms with Gasteiger partial charge in [-0.05, 0) is 110 Å². The van der Waals surface area contributed by atoms with Gasteiger partial charge in [0.15, 0.2) is 0 Å². The van der Waals surface area contributed by atoms with Gasteiger partial charge in [0.2, 0.25) is 0 Å². The Balaban J connectivity index is 4.90. The lowest BCUT2D eigenvalue weighted by Gasteiger charge is -2.22. The van der Waals surface area contributed by atoms with E-state index in [0.29, 0.717) is 51.0 Å². The fourth-order valence-corrected chi connectivity index (χ4v) is 9.74. The standard InChI is InChI=1S/C61H121N3O6/c1-7-11-15-19-23-25-29-35-45-57(43-33-27-21-17-13-9-3)55-69-59(65)47-37-31-39-51-64(53-42-54-68-61(67)62-49-41-50-63(5)6)52-40-32-38-48-60(66)70-56-58(44-34-28-22-18-14-10-4)46-36-30-26-24-20-16-12-8-2/h57-58H,7-56H2,1-6H3,(H,62,67). The Morgan fingerprint density at radius 1 is 0.371 bits per heavy atom. The zero-order chi connectivity index (χ0) is 51.2. The third-order valence-electron chi connectivity index (χ3n) is 14.4. The average Bonchev–Trinajstić information content (AvgIpc) is 3.35. The van der Waals surface area contributed by atoms with Gasteiger partial charge >= 0.3 is 18.0 Å². The van der Waals surface area contributed by atoms with Crippen molar-refractivity contribution in [3.63, 3.8) is 0 Å². The number of rotatable bonds is 56. The number of esters is 2. The van der Waals surface area contributed by atoms with Crippen LogP contribution < -0.4 is 5.32 Å². The first-order valence-electron chi connectivity index (χ1n) is 30.8. The number of alkyl carbamates (subject to hydrolysis) is 1. The molecule has 0 saturated heterocycles. The summed E-state index contributed by atoms with van der Waals surface area (Å²) < 4.78 is 17.4. The van der Waals surface area contributed by atoms with Crippen molar-refractivity contribution in [3.8, 4) is 0 Å². The SMILES string of the molecule is CCCCCCCCCCC(CCCCCCCC)COC(=O)CCCCCN(CCCCCC(=O)OCC(CCCCCCCC)CCCCCCCCCC)CCCOC(=O)NCCCN(C)C. The number of nitrogens with one attached hydrogen (secondary N) is 1. The van der Waals surface area contributed by atoms with Crippen molar-refractivity contribution in [3.05, 3.63) is 0 Å². The van der Waals surface area contributed by atoms with Crippen LogP contribution in [0.4, 0.5) is 4.79 Å². The lowest BCUT2D eigenvalue weighted by molar-refractivity contribution is -0.146. The van der Waals surface area contributed by atoms with Gasteiger partial charge in [0.1, 0.15) is 0 Å². The van der Waals surface area contributed by atoms with E-state index < -0.39 is 0 Å². The number of unbranched alkanes of at least 4 members (excludes halogenated alkanes) is 28. The molecule has 0 heterocycles. The molecular weight excluding hydrogens is 871 g/mol. The molecule has 0 radical (unpaired) electrons. The molecule has 0 aliphatic heterocycles. The van der Waals surface area contributed by atoms with Gasteiger partial charge in [-0.2, -0.15) is 0 Å². The Bertz CT molecular complexity index is 1040. The summed E-state index contributed by atoms with van der Waals surface area (Å²) in [4.78, 5) is 42.7. The summed E-state index contributed by atoms with van der Waals surface area (Å²) in [6.07, 6.45) is 49.8. The molecule has 416 valence electrons. The predicted molar refractivity (Wildman–Crippen MR) is 300 cm³/mol. The number of amides is 1. The minimum Gasteiger partial charge on any atom is -0.465 e. The van der Waals surface area contributed by atoms with Crippen LogP contribution in [0.25, 0.3) is 0 Å². The summed E-state index contributed by atoms with van der Waals surface area (Å²) >= 11 is 0. The van der Waals surface area contributed by atoms with E-state index in [1.807, 2.05) is 14.1 Å². The molecule has 0 aliphatic carbocycles. The second-order valence-corrected chi connectivity index (χ2v) is 21.8. The van der Waals surface area contributed by atoms with E-state index in [9.17, 15) is 14.4 Å². The van der Waals surface area contributed by atoms with Gasteiger partial charge in [0.25, 0.3) is 0 Å². The highest BCUT2D eigenvalue weighted by Gasteiger charge is 2.15. The fourth-order valence-electron chi connectivity index (χ4n) is 9.74. The lowest BCUT2D eigenvalue weighted by atomic mass is 9.94. The Labute approximate surface area is 436 Å². The minimum atomic E-state index is -0.340. The van der Waals surface area contributed by atoms with E-state index in [1.165, 1.54) is 205 Å². The second kappa shape index (κ2) is 54.9. The molecule has 0 spiro atoms. The van der Waals surface area contributed by atoms with Crippen LogP contribution in [0.15, 0.2) is 0 Å². The van der Waals surface area contributed by atoms with E-state index in [4.69, 9.17) is 14.2 Å². The molecule has 1 amide bonds. The highest BCUT2D eigenvalue weighted by Crippen LogP contribution is 2.22. The highest BCUT2D eigenvalue weighted by atomic mass is 16.5. The third kappa shape index (κ3) is 51.0. The first-order chi connectivity index (χ1) is 34.2. The number of ether oxygens (including phenoxy) is 3. The summed E-state index contributed by atoms with van der Waals surface area (Å²) in [7, 11) is 4.07.